The molecule has 0 radical (unpaired) electrons. The molecule has 1 aliphatic rings. The highest BCUT2D eigenvalue weighted by atomic mass is 16.5. The zero-order valence-corrected chi connectivity index (χ0v) is 18.4. The molecule has 0 aliphatic heterocycles. The number of fused-ring (bicyclic) bond motifs is 3. The number of carbonyl (C=O) groups excluding carboxylic acids is 1. The van der Waals surface area contributed by atoms with Crippen molar-refractivity contribution < 1.29 is 28.5 Å². The number of aryl methyl sites for hydroxylation is 1. The molecule has 1 atom stereocenters. The monoisotopic (exact) mass is 429 g/mol. The third kappa shape index (κ3) is 4.23. The highest BCUT2D eigenvalue weighted by molar-refractivity contribution is 5.83. The number of rotatable bonds is 6. The lowest BCUT2D eigenvalue weighted by atomic mass is 9.95. The van der Waals surface area contributed by atoms with Gasteiger partial charge in [-0.15, -0.1) is 0 Å². The number of ether oxygens (including phenoxy) is 5. The van der Waals surface area contributed by atoms with Crippen molar-refractivity contribution in [2.75, 3.05) is 35.0 Å². The van der Waals surface area contributed by atoms with E-state index in [9.17, 15) is 9.59 Å². The van der Waals surface area contributed by atoms with Gasteiger partial charge in [0.05, 0.1) is 41.1 Å². The van der Waals surface area contributed by atoms with E-state index in [1.165, 1.54) is 13.2 Å². The third-order valence-corrected chi connectivity index (χ3v) is 5.29. The van der Waals surface area contributed by atoms with Crippen molar-refractivity contribution in [3.63, 3.8) is 0 Å². The first-order chi connectivity index (χ1) is 15.0. The zero-order chi connectivity index (χ0) is 22.5. The first-order valence-corrected chi connectivity index (χ1v) is 9.96. The van der Waals surface area contributed by atoms with Gasteiger partial charge in [-0.25, -0.2) is 4.79 Å². The maximum atomic E-state index is 12.7. The van der Waals surface area contributed by atoms with Crippen LogP contribution in [0.25, 0.3) is 11.1 Å². The van der Waals surface area contributed by atoms with E-state index < -0.39 is 12.1 Å². The SMILES string of the molecule is CCOC(=O)N[C@@H]1CCc2cc(OC)c(OC)c(OC)c2-c2ccc(OC)c(=O)cc21. The second-order valence-corrected chi connectivity index (χ2v) is 6.91. The van der Waals surface area contributed by atoms with Crippen LogP contribution in [-0.2, 0) is 11.2 Å². The molecule has 31 heavy (non-hydrogen) atoms. The second-order valence-electron chi connectivity index (χ2n) is 6.91. The lowest BCUT2D eigenvalue weighted by molar-refractivity contribution is 0.147. The fourth-order valence-electron chi connectivity index (χ4n) is 3.93. The number of hydrogen-bond donors (Lipinski definition) is 1. The normalized spacial score (nSPS) is 14.4. The number of nitrogens with one attached hydrogen (secondary N) is 1. The maximum absolute atomic E-state index is 12.7. The molecule has 0 heterocycles. The Kier molecular flexibility index (Phi) is 6.89. The molecular weight excluding hydrogens is 402 g/mol. The van der Waals surface area contributed by atoms with E-state index in [0.717, 1.165) is 16.7 Å². The fraction of sp³-hybridized carbons (Fsp3) is 0.391. The van der Waals surface area contributed by atoms with Crippen LogP contribution in [0.4, 0.5) is 4.79 Å². The number of amides is 1. The van der Waals surface area contributed by atoms with Crippen molar-refractivity contribution in [1.29, 1.82) is 0 Å². The topological polar surface area (TPSA) is 92.3 Å². The van der Waals surface area contributed by atoms with Crippen LogP contribution in [-0.4, -0.2) is 41.1 Å². The van der Waals surface area contributed by atoms with Gasteiger partial charge in [-0.05, 0) is 54.7 Å². The van der Waals surface area contributed by atoms with Crippen LogP contribution >= 0.6 is 0 Å². The largest absolute Gasteiger partial charge is 0.493 e. The van der Waals surface area contributed by atoms with Crippen molar-refractivity contribution in [3.8, 4) is 34.1 Å². The maximum Gasteiger partial charge on any atom is 0.407 e. The van der Waals surface area contributed by atoms with E-state index in [4.69, 9.17) is 23.7 Å². The molecule has 8 nitrogen and oxygen atoms in total. The minimum absolute atomic E-state index is 0.198. The van der Waals surface area contributed by atoms with Crippen LogP contribution in [0.3, 0.4) is 0 Å². The summed E-state index contributed by atoms with van der Waals surface area (Å²) in [5, 5.41) is 2.88. The molecule has 1 amide bonds. The average molecular weight is 429 g/mol. The molecule has 3 rings (SSSR count). The summed E-state index contributed by atoms with van der Waals surface area (Å²) in [6.45, 7) is 1.98. The summed E-state index contributed by atoms with van der Waals surface area (Å²) in [5.74, 6) is 1.68. The molecule has 1 aliphatic carbocycles. The van der Waals surface area contributed by atoms with Gasteiger partial charge in [-0.3, -0.25) is 4.79 Å². The zero-order valence-electron chi connectivity index (χ0n) is 18.4. The third-order valence-electron chi connectivity index (χ3n) is 5.29. The number of hydrogen-bond acceptors (Lipinski definition) is 7. The molecule has 0 saturated carbocycles. The number of alkyl carbamates (subject to hydrolysis) is 1. The van der Waals surface area contributed by atoms with Crippen LogP contribution in [0.5, 0.6) is 23.0 Å². The molecule has 8 heteroatoms. The molecule has 166 valence electrons. The van der Waals surface area contributed by atoms with Crippen LogP contribution in [0.15, 0.2) is 29.1 Å². The van der Waals surface area contributed by atoms with Gasteiger partial charge in [0.15, 0.2) is 17.2 Å². The van der Waals surface area contributed by atoms with E-state index in [1.807, 2.05) is 6.07 Å². The molecule has 2 aromatic rings. The summed E-state index contributed by atoms with van der Waals surface area (Å²) in [6, 6.07) is 6.36. The summed E-state index contributed by atoms with van der Waals surface area (Å²) in [5.41, 5.74) is 2.81. The van der Waals surface area contributed by atoms with Crippen molar-refractivity contribution in [2.24, 2.45) is 0 Å². The summed E-state index contributed by atoms with van der Waals surface area (Å²) < 4.78 is 27.1. The van der Waals surface area contributed by atoms with Gasteiger partial charge in [0, 0.05) is 5.56 Å². The van der Waals surface area contributed by atoms with Gasteiger partial charge in [-0.2, -0.15) is 0 Å². The Morgan fingerprint density at radius 2 is 1.71 bits per heavy atom. The van der Waals surface area contributed by atoms with E-state index in [2.05, 4.69) is 5.32 Å². The lowest BCUT2D eigenvalue weighted by Crippen LogP contribution is -2.29. The highest BCUT2D eigenvalue weighted by Gasteiger charge is 2.30. The van der Waals surface area contributed by atoms with Crippen LogP contribution in [0.1, 0.15) is 30.5 Å². The molecule has 0 aromatic heterocycles. The average Bonchev–Trinajstić information content (AvgIpc) is 3.01. The predicted molar refractivity (Wildman–Crippen MR) is 116 cm³/mol. The Morgan fingerprint density at radius 1 is 1.00 bits per heavy atom. The van der Waals surface area contributed by atoms with Crippen molar-refractivity contribution in [1.82, 2.24) is 5.32 Å². The Balaban J connectivity index is 2.33. The fourth-order valence-corrected chi connectivity index (χ4v) is 3.93. The van der Waals surface area contributed by atoms with Gasteiger partial charge >= 0.3 is 6.09 Å². The van der Waals surface area contributed by atoms with Gasteiger partial charge < -0.3 is 29.0 Å². The Labute approximate surface area is 181 Å². The van der Waals surface area contributed by atoms with Crippen molar-refractivity contribution in [2.45, 2.75) is 25.8 Å². The van der Waals surface area contributed by atoms with Crippen molar-refractivity contribution in [3.05, 3.63) is 45.6 Å². The Hall–Kier alpha value is -3.42. The molecular formula is C23H27NO7. The molecule has 0 unspecified atom stereocenters. The van der Waals surface area contributed by atoms with Crippen LogP contribution in [0.2, 0.25) is 0 Å². The molecule has 2 aromatic carbocycles. The quantitative estimate of drug-likeness (QED) is 0.751. The minimum atomic E-state index is -0.544. The molecule has 1 N–H and O–H groups in total. The predicted octanol–water partition coefficient (Wildman–Crippen LogP) is 3.48. The van der Waals surface area contributed by atoms with E-state index in [-0.39, 0.29) is 17.8 Å². The van der Waals surface area contributed by atoms with E-state index in [1.54, 1.807) is 40.4 Å². The molecule has 0 bridgehead atoms. The molecule has 0 fully saturated rings. The van der Waals surface area contributed by atoms with Gasteiger partial charge in [0.2, 0.25) is 11.2 Å². The van der Waals surface area contributed by atoms with Crippen LogP contribution in [0, 0.1) is 0 Å². The number of methoxy groups -OCH3 is 4. The lowest BCUT2D eigenvalue weighted by Gasteiger charge is -2.19. The smallest absolute Gasteiger partial charge is 0.407 e. The van der Waals surface area contributed by atoms with E-state index in [0.29, 0.717) is 35.7 Å². The van der Waals surface area contributed by atoms with Gasteiger partial charge in [0.1, 0.15) is 0 Å². The molecule has 0 saturated heterocycles. The Bertz CT molecular complexity index is 1040. The second kappa shape index (κ2) is 9.59. The highest BCUT2D eigenvalue weighted by Crippen LogP contribution is 2.50. The minimum Gasteiger partial charge on any atom is -0.493 e. The van der Waals surface area contributed by atoms with E-state index >= 15 is 0 Å². The number of benzene rings is 1. The summed E-state index contributed by atoms with van der Waals surface area (Å²) in [4.78, 5) is 25.0. The summed E-state index contributed by atoms with van der Waals surface area (Å²) in [6.07, 6.45) is 0.605. The van der Waals surface area contributed by atoms with Gasteiger partial charge in [-0.1, -0.05) is 6.07 Å². The van der Waals surface area contributed by atoms with Crippen molar-refractivity contribution >= 4 is 6.09 Å². The first kappa shape index (κ1) is 22.3. The first-order valence-electron chi connectivity index (χ1n) is 9.96. The standard InChI is InChI=1S/C23H27NO7/c1-6-31-23(26)24-16-9-7-13-11-19(28-3)21(29-4)22(30-5)20(13)14-8-10-18(27-2)17(25)12-15(14)16/h8,10-12,16H,6-7,9H2,1-5H3,(H,24,26)/t16-/m1/s1. The van der Waals surface area contributed by atoms with Gasteiger partial charge in [0.25, 0.3) is 0 Å². The molecule has 0 spiro atoms. The number of carbonyl (C=O) groups is 1. The Morgan fingerprint density at radius 3 is 2.32 bits per heavy atom. The summed E-state index contributed by atoms with van der Waals surface area (Å²) >= 11 is 0. The summed E-state index contributed by atoms with van der Waals surface area (Å²) in [7, 11) is 6.10. The van der Waals surface area contributed by atoms with Crippen LogP contribution < -0.4 is 29.7 Å².